The first kappa shape index (κ1) is 11.2. The molecule has 0 heterocycles. The van der Waals surface area contributed by atoms with Crippen LogP contribution in [0.25, 0.3) is 5.57 Å². The lowest BCUT2D eigenvalue weighted by Gasteiger charge is -2.09. The molecule has 3 nitrogen and oxygen atoms in total. The van der Waals surface area contributed by atoms with Gasteiger partial charge in [-0.05, 0) is 24.6 Å². The van der Waals surface area contributed by atoms with Crippen LogP contribution in [0.15, 0.2) is 18.3 Å². The number of hydrogen-bond donors (Lipinski definition) is 2. The summed E-state index contributed by atoms with van der Waals surface area (Å²) < 4.78 is 18.5. The molecule has 1 rings (SSSR count). The highest BCUT2D eigenvalue weighted by atomic mass is 19.1. The highest BCUT2D eigenvalue weighted by Gasteiger charge is 2.09. The molecule has 4 heteroatoms. The average Bonchev–Trinajstić information content (AvgIpc) is 2.24. The molecule has 0 bridgehead atoms. The van der Waals surface area contributed by atoms with Crippen LogP contribution in [0.2, 0.25) is 0 Å². The number of nitrogens with one attached hydrogen (secondary N) is 1. The Morgan fingerprint density at radius 2 is 2.20 bits per heavy atom. The number of halogens is 1. The number of hydrogen-bond acceptors (Lipinski definition) is 3. The van der Waals surface area contributed by atoms with Crippen LogP contribution in [-0.4, -0.2) is 13.3 Å². The molecular weight excluding hydrogens is 195 g/mol. The van der Waals surface area contributed by atoms with E-state index in [0.717, 1.165) is 6.21 Å². The summed E-state index contributed by atoms with van der Waals surface area (Å²) in [5.74, 6) is 0.0803. The molecule has 0 unspecified atom stereocenters. The molecular formula is C11H13FN2O. The van der Waals surface area contributed by atoms with E-state index in [9.17, 15) is 4.39 Å². The quantitative estimate of drug-likeness (QED) is 0.747. The van der Waals surface area contributed by atoms with Gasteiger partial charge >= 0.3 is 0 Å². The summed E-state index contributed by atoms with van der Waals surface area (Å²) >= 11 is 0. The topological polar surface area (TPSA) is 59.1 Å². The van der Waals surface area contributed by atoms with Crippen LogP contribution in [0, 0.1) is 18.2 Å². The third-order valence-corrected chi connectivity index (χ3v) is 2.18. The molecule has 1 aromatic carbocycles. The summed E-state index contributed by atoms with van der Waals surface area (Å²) in [6, 6.07) is 2.99. The number of ether oxygens (including phenoxy) is 1. The number of benzene rings is 1. The van der Waals surface area contributed by atoms with Crippen LogP contribution in [0.1, 0.15) is 11.1 Å². The minimum Gasteiger partial charge on any atom is -0.496 e. The zero-order valence-corrected chi connectivity index (χ0v) is 8.67. The van der Waals surface area contributed by atoms with Crippen molar-refractivity contribution < 1.29 is 9.13 Å². The molecule has 0 fully saturated rings. The molecule has 15 heavy (non-hydrogen) atoms. The van der Waals surface area contributed by atoms with Crippen molar-refractivity contribution in [3.8, 4) is 5.75 Å². The Labute approximate surface area is 87.9 Å². The summed E-state index contributed by atoms with van der Waals surface area (Å²) in [6.45, 7) is 1.63. The third kappa shape index (κ3) is 2.15. The van der Waals surface area contributed by atoms with Gasteiger partial charge in [-0.1, -0.05) is 0 Å². The fourth-order valence-electron chi connectivity index (χ4n) is 1.26. The van der Waals surface area contributed by atoms with E-state index in [-0.39, 0.29) is 5.82 Å². The predicted octanol–water partition coefficient (Wildman–Crippen LogP) is 2.09. The summed E-state index contributed by atoms with van der Waals surface area (Å²) in [6.07, 6.45) is 2.33. The first-order chi connectivity index (χ1) is 7.13. The van der Waals surface area contributed by atoms with Gasteiger partial charge in [0.05, 0.1) is 7.11 Å². The summed E-state index contributed by atoms with van der Waals surface area (Å²) in [4.78, 5) is 0. The molecule has 0 aliphatic rings. The molecule has 0 aliphatic carbocycles. The van der Waals surface area contributed by atoms with Gasteiger partial charge in [-0.25, -0.2) is 4.39 Å². The van der Waals surface area contributed by atoms with Crippen molar-refractivity contribution in [3.63, 3.8) is 0 Å². The lowest BCUT2D eigenvalue weighted by atomic mass is 10.0. The van der Waals surface area contributed by atoms with Gasteiger partial charge in [0, 0.05) is 23.6 Å². The molecule has 0 atom stereocenters. The fourth-order valence-corrected chi connectivity index (χ4v) is 1.26. The second-order valence-electron chi connectivity index (χ2n) is 3.05. The van der Waals surface area contributed by atoms with Crippen LogP contribution in [-0.2, 0) is 0 Å². The van der Waals surface area contributed by atoms with Crippen LogP contribution < -0.4 is 10.5 Å². The molecule has 0 radical (unpaired) electrons. The number of methoxy groups -OCH3 is 1. The van der Waals surface area contributed by atoms with Gasteiger partial charge in [0.15, 0.2) is 0 Å². The number of allylic oxidation sites excluding steroid dienone is 1. The van der Waals surface area contributed by atoms with Gasteiger partial charge in [0.2, 0.25) is 0 Å². The van der Waals surface area contributed by atoms with Crippen molar-refractivity contribution in [2.24, 2.45) is 5.73 Å². The number of rotatable bonds is 3. The van der Waals surface area contributed by atoms with Crippen LogP contribution in [0.3, 0.4) is 0 Å². The molecule has 0 saturated heterocycles. The van der Waals surface area contributed by atoms with E-state index in [1.54, 1.807) is 13.0 Å². The lowest BCUT2D eigenvalue weighted by Crippen LogP contribution is -1.96. The zero-order valence-electron chi connectivity index (χ0n) is 8.67. The highest BCUT2D eigenvalue weighted by molar-refractivity contribution is 6.08. The second kappa shape index (κ2) is 4.59. The Bertz CT molecular complexity index is 413. The maximum atomic E-state index is 13.4. The largest absolute Gasteiger partial charge is 0.496 e. The summed E-state index contributed by atoms with van der Waals surface area (Å²) in [5, 5.41) is 7.11. The predicted molar refractivity (Wildman–Crippen MR) is 58.6 cm³/mol. The van der Waals surface area contributed by atoms with E-state index < -0.39 is 0 Å². The lowest BCUT2D eigenvalue weighted by molar-refractivity contribution is 0.407. The molecule has 1 aromatic rings. The van der Waals surface area contributed by atoms with Gasteiger partial charge in [0.1, 0.15) is 11.6 Å². The van der Waals surface area contributed by atoms with Gasteiger partial charge in [0.25, 0.3) is 0 Å². The van der Waals surface area contributed by atoms with E-state index in [1.807, 2.05) is 0 Å². The Hall–Kier alpha value is -1.84. The Morgan fingerprint density at radius 3 is 2.67 bits per heavy atom. The minimum atomic E-state index is -0.370. The van der Waals surface area contributed by atoms with Crippen LogP contribution in [0.4, 0.5) is 4.39 Å². The maximum Gasteiger partial charge on any atom is 0.130 e. The Morgan fingerprint density at radius 1 is 1.53 bits per heavy atom. The standard InChI is InChI=1S/C11H13FN2O/c1-7-10(12)3-8(4-11(7)15-2)9(5-13)6-14/h3-6,13H,14H2,1-2H3/b9-6+,13-5?. The normalized spacial score (nSPS) is 11.3. The van der Waals surface area contributed by atoms with Crippen molar-refractivity contribution in [2.45, 2.75) is 6.92 Å². The second-order valence-corrected chi connectivity index (χ2v) is 3.05. The van der Waals surface area contributed by atoms with E-state index in [1.165, 1.54) is 19.4 Å². The average molecular weight is 208 g/mol. The maximum absolute atomic E-state index is 13.4. The zero-order chi connectivity index (χ0) is 11.4. The minimum absolute atomic E-state index is 0.370. The first-order valence-corrected chi connectivity index (χ1v) is 4.41. The first-order valence-electron chi connectivity index (χ1n) is 4.41. The molecule has 0 aromatic heterocycles. The van der Waals surface area contributed by atoms with Crippen molar-refractivity contribution in [1.82, 2.24) is 0 Å². The summed E-state index contributed by atoms with van der Waals surface area (Å²) in [5.41, 5.74) is 6.75. The van der Waals surface area contributed by atoms with Crippen molar-refractivity contribution >= 4 is 11.8 Å². The van der Waals surface area contributed by atoms with E-state index in [0.29, 0.717) is 22.4 Å². The molecule has 0 amide bonds. The number of nitrogens with two attached hydrogens (primary N) is 1. The molecule has 80 valence electrons. The highest BCUT2D eigenvalue weighted by Crippen LogP contribution is 2.25. The van der Waals surface area contributed by atoms with Gasteiger partial charge in [-0.15, -0.1) is 0 Å². The fraction of sp³-hybridized carbons (Fsp3) is 0.182. The third-order valence-electron chi connectivity index (χ3n) is 2.18. The monoisotopic (exact) mass is 208 g/mol. The Balaban J connectivity index is 3.34. The van der Waals surface area contributed by atoms with E-state index >= 15 is 0 Å². The molecule has 0 spiro atoms. The SMILES string of the molecule is COc1cc(/C(C=N)=C/N)cc(F)c1C. The van der Waals surface area contributed by atoms with Gasteiger partial charge in [-0.2, -0.15) is 0 Å². The van der Waals surface area contributed by atoms with Gasteiger partial charge in [-0.3, -0.25) is 0 Å². The van der Waals surface area contributed by atoms with Crippen molar-refractivity contribution in [2.75, 3.05) is 7.11 Å². The van der Waals surface area contributed by atoms with Crippen LogP contribution >= 0.6 is 0 Å². The van der Waals surface area contributed by atoms with Gasteiger partial charge < -0.3 is 15.9 Å². The smallest absolute Gasteiger partial charge is 0.130 e. The van der Waals surface area contributed by atoms with Crippen LogP contribution in [0.5, 0.6) is 5.75 Å². The van der Waals surface area contributed by atoms with Crippen molar-refractivity contribution in [3.05, 3.63) is 35.3 Å². The molecule has 3 N–H and O–H groups in total. The Kier molecular flexibility index (Phi) is 3.44. The molecule has 0 saturated carbocycles. The van der Waals surface area contributed by atoms with E-state index in [2.05, 4.69) is 0 Å². The summed E-state index contributed by atoms with van der Waals surface area (Å²) in [7, 11) is 1.47. The molecule has 0 aliphatic heterocycles. The van der Waals surface area contributed by atoms with E-state index in [4.69, 9.17) is 15.9 Å². The van der Waals surface area contributed by atoms with Crippen molar-refractivity contribution in [1.29, 1.82) is 5.41 Å².